The molecule has 0 amide bonds. The van der Waals surface area contributed by atoms with Crippen LogP contribution in [0.2, 0.25) is 0 Å². The molecular weight excluding hydrogens is 408 g/mol. The number of hydrogen-bond donors (Lipinski definition) is 1. The van der Waals surface area contributed by atoms with Gasteiger partial charge in [0.1, 0.15) is 5.75 Å². The Labute approximate surface area is 175 Å². The number of thioether (sulfide) groups is 1. The zero-order chi connectivity index (χ0) is 20.9. The van der Waals surface area contributed by atoms with E-state index in [2.05, 4.69) is 14.9 Å². The molecule has 1 aromatic heterocycles. The number of nitrogens with zero attached hydrogens (tertiary/aromatic N) is 3. The molecule has 0 spiro atoms. The van der Waals surface area contributed by atoms with E-state index in [1.54, 1.807) is 7.11 Å². The van der Waals surface area contributed by atoms with Crippen molar-refractivity contribution in [2.45, 2.75) is 18.5 Å². The van der Waals surface area contributed by atoms with Crippen molar-refractivity contribution in [2.24, 2.45) is 0 Å². The fourth-order valence-corrected chi connectivity index (χ4v) is 4.19. The van der Waals surface area contributed by atoms with Crippen LogP contribution in [0.3, 0.4) is 0 Å². The van der Waals surface area contributed by atoms with Crippen molar-refractivity contribution in [1.82, 2.24) is 19.5 Å². The molecule has 0 saturated carbocycles. The first-order chi connectivity index (χ1) is 13.9. The number of hydrogen-bond acceptors (Lipinski definition) is 6. The van der Waals surface area contributed by atoms with Gasteiger partial charge in [-0.05, 0) is 37.6 Å². The molecule has 3 aromatic rings. The minimum absolute atomic E-state index is 0.393. The lowest BCUT2D eigenvalue weighted by atomic mass is 10.1. The highest BCUT2D eigenvalue weighted by Crippen LogP contribution is 2.33. The molecule has 0 atom stereocenters. The van der Waals surface area contributed by atoms with Crippen LogP contribution in [-0.4, -0.2) is 48.8 Å². The summed E-state index contributed by atoms with van der Waals surface area (Å²) in [5.74, 6) is 2.13. The van der Waals surface area contributed by atoms with Crippen LogP contribution in [0.1, 0.15) is 12.0 Å². The molecule has 0 bridgehead atoms. The second-order valence-electron chi connectivity index (χ2n) is 6.55. The quantitative estimate of drug-likeness (QED) is 0.413. The summed E-state index contributed by atoms with van der Waals surface area (Å²) in [5.41, 5.74) is 2.98. The normalized spacial score (nSPS) is 11.6. The standard InChI is InChI=1S/C20H24N4O3S2/c1-15-9-11-16(12-10-15)24-19(17-7-4-5-8-18(17)27-2)22-23-20(24)28-14-6-13-21-29(3,25)26/h4-5,7-12,21H,6,13-14H2,1-3H3. The molecule has 1 N–H and O–H groups in total. The molecule has 0 aliphatic heterocycles. The summed E-state index contributed by atoms with van der Waals surface area (Å²) in [7, 11) is -1.54. The monoisotopic (exact) mass is 432 g/mol. The molecule has 0 aliphatic rings. The molecule has 154 valence electrons. The zero-order valence-corrected chi connectivity index (χ0v) is 18.3. The molecule has 0 saturated heterocycles. The maximum Gasteiger partial charge on any atom is 0.208 e. The first-order valence-electron chi connectivity index (χ1n) is 9.12. The Kier molecular flexibility index (Phi) is 6.94. The third-order valence-corrected chi connectivity index (χ3v) is 5.93. The van der Waals surface area contributed by atoms with Crippen LogP contribution in [0, 0.1) is 6.92 Å². The van der Waals surface area contributed by atoms with E-state index in [1.165, 1.54) is 17.3 Å². The van der Waals surface area contributed by atoms with E-state index in [-0.39, 0.29) is 0 Å². The predicted molar refractivity (Wildman–Crippen MR) is 116 cm³/mol. The molecule has 3 rings (SSSR count). The fraction of sp³-hybridized carbons (Fsp3) is 0.300. The summed E-state index contributed by atoms with van der Waals surface area (Å²) in [5, 5.41) is 9.57. The molecule has 1 heterocycles. The Hall–Kier alpha value is -2.36. The van der Waals surface area contributed by atoms with E-state index in [9.17, 15) is 8.42 Å². The number of sulfonamides is 1. The van der Waals surface area contributed by atoms with Crippen LogP contribution in [0.15, 0.2) is 53.7 Å². The topological polar surface area (TPSA) is 86.1 Å². The third-order valence-electron chi connectivity index (χ3n) is 4.19. The van der Waals surface area contributed by atoms with Gasteiger partial charge in [-0.25, -0.2) is 13.1 Å². The molecule has 2 aromatic carbocycles. The molecule has 0 fully saturated rings. The predicted octanol–water partition coefficient (Wildman–Crippen LogP) is 3.28. The highest BCUT2D eigenvalue weighted by molar-refractivity contribution is 7.99. The molecule has 0 aliphatic carbocycles. The maximum absolute atomic E-state index is 11.2. The number of nitrogens with one attached hydrogen (secondary N) is 1. The number of para-hydroxylation sites is 1. The van der Waals surface area contributed by atoms with Crippen LogP contribution >= 0.6 is 11.8 Å². The number of aromatic nitrogens is 3. The summed E-state index contributed by atoms with van der Waals surface area (Å²) in [6, 6.07) is 15.9. The zero-order valence-electron chi connectivity index (χ0n) is 16.6. The van der Waals surface area contributed by atoms with Crippen LogP contribution in [-0.2, 0) is 10.0 Å². The van der Waals surface area contributed by atoms with Crippen LogP contribution in [0.5, 0.6) is 5.75 Å². The van der Waals surface area contributed by atoms with Gasteiger partial charge in [-0.2, -0.15) is 0 Å². The molecule has 9 heteroatoms. The summed E-state index contributed by atoms with van der Waals surface area (Å²) in [6.45, 7) is 2.44. The van der Waals surface area contributed by atoms with Crippen molar-refractivity contribution in [2.75, 3.05) is 25.7 Å². The molecule has 0 radical (unpaired) electrons. The van der Waals surface area contributed by atoms with Gasteiger partial charge in [-0.15, -0.1) is 10.2 Å². The smallest absolute Gasteiger partial charge is 0.208 e. The maximum atomic E-state index is 11.2. The average molecular weight is 433 g/mol. The highest BCUT2D eigenvalue weighted by Gasteiger charge is 2.18. The Morgan fingerprint density at radius 2 is 1.83 bits per heavy atom. The van der Waals surface area contributed by atoms with E-state index >= 15 is 0 Å². The lowest BCUT2D eigenvalue weighted by molar-refractivity contribution is 0.416. The van der Waals surface area contributed by atoms with Crippen molar-refractivity contribution in [1.29, 1.82) is 0 Å². The highest BCUT2D eigenvalue weighted by atomic mass is 32.2. The summed E-state index contributed by atoms with van der Waals surface area (Å²) in [6.07, 6.45) is 1.84. The SMILES string of the molecule is COc1ccccc1-c1nnc(SCCCNS(C)(=O)=O)n1-c1ccc(C)cc1. The first-order valence-corrected chi connectivity index (χ1v) is 12.0. The number of benzene rings is 2. The van der Waals surface area contributed by atoms with Gasteiger partial charge in [-0.3, -0.25) is 4.57 Å². The number of aryl methyl sites for hydroxylation is 1. The molecule has 0 unspecified atom stereocenters. The second kappa shape index (κ2) is 9.43. The van der Waals surface area contributed by atoms with Gasteiger partial charge in [0.05, 0.1) is 18.9 Å². The number of methoxy groups -OCH3 is 1. The van der Waals surface area contributed by atoms with Gasteiger partial charge < -0.3 is 4.74 Å². The fourth-order valence-electron chi connectivity index (χ4n) is 2.79. The van der Waals surface area contributed by atoms with Crippen molar-refractivity contribution >= 4 is 21.8 Å². The van der Waals surface area contributed by atoms with E-state index < -0.39 is 10.0 Å². The van der Waals surface area contributed by atoms with E-state index in [1.807, 2.05) is 60.0 Å². The Morgan fingerprint density at radius 3 is 2.52 bits per heavy atom. The van der Waals surface area contributed by atoms with Crippen molar-refractivity contribution in [3.63, 3.8) is 0 Å². The van der Waals surface area contributed by atoms with E-state index in [0.29, 0.717) is 24.5 Å². The number of ether oxygens (including phenoxy) is 1. The Balaban J connectivity index is 1.91. The third kappa shape index (κ3) is 5.59. The Morgan fingerprint density at radius 1 is 1.10 bits per heavy atom. The van der Waals surface area contributed by atoms with Gasteiger partial charge in [0.2, 0.25) is 10.0 Å². The molecule has 29 heavy (non-hydrogen) atoms. The minimum Gasteiger partial charge on any atom is -0.496 e. The Bertz CT molecular complexity index is 1060. The van der Waals surface area contributed by atoms with Crippen molar-refractivity contribution in [3.8, 4) is 22.8 Å². The summed E-state index contributed by atoms with van der Waals surface area (Å²) < 4.78 is 32.4. The van der Waals surface area contributed by atoms with Gasteiger partial charge in [-0.1, -0.05) is 41.6 Å². The van der Waals surface area contributed by atoms with Crippen LogP contribution < -0.4 is 9.46 Å². The largest absolute Gasteiger partial charge is 0.496 e. The summed E-state index contributed by atoms with van der Waals surface area (Å²) in [4.78, 5) is 0. The second-order valence-corrected chi connectivity index (χ2v) is 9.44. The van der Waals surface area contributed by atoms with E-state index in [4.69, 9.17) is 4.74 Å². The van der Waals surface area contributed by atoms with Gasteiger partial charge in [0, 0.05) is 18.0 Å². The lowest BCUT2D eigenvalue weighted by Crippen LogP contribution is -2.23. The minimum atomic E-state index is -3.17. The van der Waals surface area contributed by atoms with Gasteiger partial charge in [0.15, 0.2) is 11.0 Å². The van der Waals surface area contributed by atoms with Gasteiger partial charge >= 0.3 is 0 Å². The van der Waals surface area contributed by atoms with Crippen LogP contribution in [0.4, 0.5) is 0 Å². The molecular formula is C20H24N4O3S2. The van der Waals surface area contributed by atoms with Crippen molar-refractivity contribution < 1.29 is 13.2 Å². The lowest BCUT2D eigenvalue weighted by Gasteiger charge is -2.12. The first kappa shape index (κ1) is 21.4. The van der Waals surface area contributed by atoms with Crippen LogP contribution in [0.25, 0.3) is 17.1 Å². The van der Waals surface area contributed by atoms with Gasteiger partial charge in [0.25, 0.3) is 0 Å². The van der Waals surface area contributed by atoms with Crippen molar-refractivity contribution in [3.05, 3.63) is 54.1 Å². The summed E-state index contributed by atoms with van der Waals surface area (Å²) >= 11 is 1.54. The number of rotatable bonds is 9. The average Bonchev–Trinajstić information content (AvgIpc) is 3.11. The molecule has 7 nitrogen and oxygen atoms in total. The van der Waals surface area contributed by atoms with E-state index in [0.717, 1.165) is 28.4 Å².